The standard InChI is InChI=1S/C13H19N3O/c1-10-9-12(17-2)16-13(15-10)14-8-7-11-5-3-4-6-11/h5,9H,3-4,6-8H2,1-2H3,(H,14,15,16). The van der Waals surface area contributed by atoms with Gasteiger partial charge in [0, 0.05) is 18.3 Å². The highest BCUT2D eigenvalue weighted by molar-refractivity contribution is 5.30. The first-order chi connectivity index (χ1) is 8.28. The second-order valence-electron chi connectivity index (χ2n) is 4.31. The van der Waals surface area contributed by atoms with Gasteiger partial charge in [-0.1, -0.05) is 11.6 Å². The summed E-state index contributed by atoms with van der Waals surface area (Å²) in [6.45, 7) is 2.83. The van der Waals surface area contributed by atoms with Gasteiger partial charge in [-0.25, -0.2) is 4.98 Å². The molecule has 92 valence electrons. The van der Waals surface area contributed by atoms with Gasteiger partial charge in [-0.05, 0) is 32.6 Å². The van der Waals surface area contributed by atoms with Crippen molar-refractivity contribution in [3.8, 4) is 5.88 Å². The fraction of sp³-hybridized carbons (Fsp3) is 0.538. The van der Waals surface area contributed by atoms with E-state index in [1.54, 1.807) is 12.7 Å². The molecule has 1 N–H and O–H groups in total. The minimum absolute atomic E-state index is 0.611. The maximum absolute atomic E-state index is 5.11. The number of nitrogens with zero attached hydrogens (tertiary/aromatic N) is 2. The molecule has 0 spiro atoms. The van der Waals surface area contributed by atoms with E-state index in [0.29, 0.717) is 11.8 Å². The molecule has 2 rings (SSSR count). The van der Waals surface area contributed by atoms with Gasteiger partial charge in [0.05, 0.1) is 7.11 Å². The zero-order valence-corrected chi connectivity index (χ0v) is 10.5. The molecule has 4 nitrogen and oxygen atoms in total. The first kappa shape index (κ1) is 11.9. The molecule has 0 saturated heterocycles. The highest BCUT2D eigenvalue weighted by Gasteiger charge is 2.05. The molecular weight excluding hydrogens is 214 g/mol. The lowest BCUT2D eigenvalue weighted by molar-refractivity contribution is 0.397. The summed E-state index contributed by atoms with van der Waals surface area (Å²) in [6.07, 6.45) is 7.23. The number of hydrogen-bond donors (Lipinski definition) is 1. The van der Waals surface area contributed by atoms with Gasteiger partial charge in [0.15, 0.2) is 0 Å². The lowest BCUT2D eigenvalue weighted by Gasteiger charge is -2.07. The number of aryl methyl sites for hydroxylation is 1. The maximum atomic E-state index is 5.11. The summed E-state index contributed by atoms with van der Waals surface area (Å²) in [5.74, 6) is 1.26. The Hall–Kier alpha value is -1.58. The van der Waals surface area contributed by atoms with Crippen LogP contribution in [0, 0.1) is 6.92 Å². The summed E-state index contributed by atoms with van der Waals surface area (Å²) < 4.78 is 5.11. The highest BCUT2D eigenvalue weighted by Crippen LogP contribution is 2.20. The molecule has 0 bridgehead atoms. The molecule has 0 aromatic carbocycles. The van der Waals surface area contributed by atoms with Gasteiger partial charge in [-0.2, -0.15) is 4.98 Å². The van der Waals surface area contributed by atoms with E-state index in [-0.39, 0.29) is 0 Å². The Kier molecular flexibility index (Phi) is 3.96. The minimum atomic E-state index is 0.611. The van der Waals surface area contributed by atoms with Crippen LogP contribution in [0.3, 0.4) is 0 Å². The molecule has 0 fully saturated rings. The molecule has 0 amide bonds. The summed E-state index contributed by atoms with van der Waals surface area (Å²) in [5.41, 5.74) is 2.47. The fourth-order valence-corrected chi connectivity index (χ4v) is 2.02. The van der Waals surface area contributed by atoms with Crippen LogP contribution in [-0.4, -0.2) is 23.6 Å². The Labute approximate surface area is 102 Å². The number of aromatic nitrogens is 2. The first-order valence-corrected chi connectivity index (χ1v) is 6.09. The van der Waals surface area contributed by atoms with Crippen LogP contribution in [0.25, 0.3) is 0 Å². The second kappa shape index (κ2) is 5.66. The van der Waals surface area contributed by atoms with Crippen molar-refractivity contribution < 1.29 is 4.74 Å². The van der Waals surface area contributed by atoms with Crippen molar-refractivity contribution in [2.75, 3.05) is 19.0 Å². The van der Waals surface area contributed by atoms with Gasteiger partial charge in [0.25, 0.3) is 0 Å². The molecule has 17 heavy (non-hydrogen) atoms. The number of hydrogen-bond acceptors (Lipinski definition) is 4. The van der Waals surface area contributed by atoms with Crippen LogP contribution in [0.2, 0.25) is 0 Å². The quantitative estimate of drug-likeness (QED) is 0.794. The van der Waals surface area contributed by atoms with E-state index < -0.39 is 0 Å². The Morgan fingerprint density at radius 1 is 1.41 bits per heavy atom. The van der Waals surface area contributed by atoms with Crippen LogP contribution in [0.15, 0.2) is 17.7 Å². The molecule has 4 heteroatoms. The van der Waals surface area contributed by atoms with Crippen LogP contribution >= 0.6 is 0 Å². The van der Waals surface area contributed by atoms with Crippen molar-refractivity contribution >= 4 is 5.95 Å². The molecule has 1 aromatic heterocycles. The van der Waals surface area contributed by atoms with Crippen LogP contribution < -0.4 is 10.1 Å². The summed E-state index contributed by atoms with van der Waals surface area (Å²) in [4.78, 5) is 8.58. The third-order valence-corrected chi connectivity index (χ3v) is 2.90. The number of rotatable bonds is 5. The second-order valence-corrected chi connectivity index (χ2v) is 4.31. The fourth-order valence-electron chi connectivity index (χ4n) is 2.02. The number of ether oxygens (including phenoxy) is 1. The zero-order chi connectivity index (χ0) is 12.1. The smallest absolute Gasteiger partial charge is 0.226 e. The summed E-state index contributed by atoms with van der Waals surface area (Å²) in [7, 11) is 1.62. The van der Waals surface area contributed by atoms with E-state index in [1.807, 2.05) is 13.0 Å². The van der Waals surface area contributed by atoms with E-state index in [2.05, 4.69) is 21.4 Å². The van der Waals surface area contributed by atoms with Crippen LogP contribution in [0.5, 0.6) is 5.88 Å². The average molecular weight is 233 g/mol. The summed E-state index contributed by atoms with van der Waals surface area (Å²) in [5, 5.41) is 3.24. The minimum Gasteiger partial charge on any atom is -0.481 e. The SMILES string of the molecule is COc1cc(C)nc(NCCC2=CCCC2)n1. The lowest BCUT2D eigenvalue weighted by Crippen LogP contribution is -2.07. The largest absolute Gasteiger partial charge is 0.481 e. The molecular formula is C13H19N3O. The predicted molar refractivity (Wildman–Crippen MR) is 68.4 cm³/mol. The number of allylic oxidation sites excluding steroid dienone is 1. The molecule has 0 radical (unpaired) electrons. The summed E-state index contributed by atoms with van der Waals surface area (Å²) in [6, 6.07) is 1.82. The third-order valence-electron chi connectivity index (χ3n) is 2.90. The van der Waals surface area contributed by atoms with Crippen molar-refractivity contribution in [1.29, 1.82) is 0 Å². The highest BCUT2D eigenvalue weighted by atomic mass is 16.5. The van der Waals surface area contributed by atoms with Crippen molar-refractivity contribution in [2.24, 2.45) is 0 Å². The van der Waals surface area contributed by atoms with E-state index in [4.69, 9.17) is 4.74 Å². The zero-order valence-electron chi connectivity index (χ0n) is 10.5. The summed E-state index contributed by atoms with van der Waals surface area (Å²) >= 11 is 0. The van der Waals surface area contributed by atoms with Gasteiger partial charge in [0.1, 0.15) is 0 Å². The van der Waals surface area contributed by atoms with Crippen molar-refractivity contribution in [2.45, 2.75) is 32.6 Å². The number of nitrogens with one attached hydrogen (secondary N) is 1. The van der Waals surface area contributed by atoms with Gasteiger partial charge in [-0.3, -0.25) is 0 Å². The van der Waals surface area contributed by atoms with Crippen LogP contribution in [-0.2, 0) is 0 Å². The van der Waals surface area contributed by atoms with Crippen LogP contribution in [0.4, 0.5) is 5.95 Å². The average Bonchev–Trinajstić information content (AvgIpc) is 2.81. The monoisotopic (exact) mass is 233 g/mol. The maximum Gasteiger partial charge on any atom is 0.226 e. The van der Waals surface area contributed by atoms with Crippen LogP contribution in [0.1, 0.15) is 31.4 Å². The van der Waals surface area contributed by atoms with Crippen molar-refractivity contribution in [1.82, 2.24) is 9.97 Å². The van der Waals surface area contributed by atoms with E-state index >= 15 is 0 Å². The van der Waals surface area contributed by atoms with E-state index in [0.717, 1.165) is 18.7 Å². The molecule has 0 aliphatic heterocycles. The predicted octanol–water partition coefficient (Wildman–Crippen LogP) is 2.71. The van der Waals surface area contributed by atoms with Crippen molar-refractivity contribution in [3.63, 3.8) is 0 Å². The Bertz CT molecular complexity index is 415. The van der Waals surface area contributed by atoms with Gasteiger partial charge >= 0.3 is 0 Å². The molecule has 1 aliphatic carbocycles. The lowest BCUT2D eigenvalue weighted by atomic mass is 10.2. The molecule has 1 aromatic rings. The third kappa shape index (κ3) is 3.44. The molecule has 0 saturated carbocycles. The normalized spacial score (nSPS) is 14.6. The molecule has 0 atom stereocenters. The topological polar surface area (TPSA) is 47.0 Å². The Morgan fingerprint density at radius 3 is 3.00 bits per heavy atom. The number of methoxy groups -OCH3 is 1. The molecule has 1 heterocycles. The van der Waals surface area contributed by atoms with E-state index in [9.17, 15) is 0 Å². The van der Waals surface area contributed by atoms with Gasteiger partial charge in [0.2, 0.25) is 11.8 Å². The van der Waals surface area contributed by atoms with E-state index in [1.165, 1.54) is 19.3 Å². The van der Waals surface area contributed by atoms with Gasteiger partial charge in [-0.15, -0.1) is 0 Å². The Morgan fingerprint density at radius 2 is 2.29 bits per heavy atom. The Balaban J connectivity index is 1.87. The van der Waals surface area contributed by atoms with Crippen molar-refractivity contribution in [3.05, 3.63) is 23.4 Å². The molecule has 0 unspecified atom stereocenters. The number of anilines is 1. The van der Waals surface area contributed by atoms with Gasteiger partial charge < -0.3 is 10.1 Å². The molecule has 1 aliphatic rings. The first-order valence-electron chi connectivity index (χ1n) is 6.09.